The molecule has 0 fully saturated rings. The van der Waals surface area contributed by atoms with Crippen LogP contribution in [-0.4, -0.2) is 28.5 Å². The molecule has 4 aromatic rings. The van der Waals surface area contributed by atoms with Crippen LogP contribution in [0.25, 0.3) is 11.0 Å². The number of hydrogen-bond donors (Lipinski definition) is 1. The van der Waals surface area contributed by atoms with E-state index in [9.17, 15) is 13.2 Å². The second kappa shape index (κ2) is 8.97. The summed E-state index contributed by atoms with van der Waals surface area (Å²) < 4.78 is 28.1. The minimum atomic E-state index is -3.91. The summed E-state index contributed by atoms with van der Waals surface area (Å²) in [7, 11) is -3.91. The molecule has 164 valence electrons. The zero-order valence-electron chi connectivity index (χ0n) is 17.3. The Balaban J connectivity index is 1.69. The Hall–Kier alpha value is -2.81. The molecule has 3 aromatic carbocycles. The fourth-order valence-corrected chi connectivity index (χ4v) is 6.06. The van der Waals surface area contributed by atoms with Crippen molar-refractivity contribution in [2.75, 3.05) is 5.32 Å². The molecule has 0 bridgehead atoms. The van der Waals surface area contributed by atoms with Crippen molar-refractivity contribution < 1.29 is 13.2 Å². The van der Waals surface area contributed by atoms with Crippen LogP contribution in [0.2, 0.25) is 5.02 Å². The van der Waals surface area contributed by atoms with Gasteiger partial charge in [-0.1, -0.05) is 59.8 Å². The van der Waals surface area contributed by atoms with Gasteiger partial charge >= 0.3 is 0 Å². The molecule has 9 heteroatoms. The number of imidazole rings is 1. The van der Waals surface area contributed by atoms with Gasteiger partial charge in [-0.05, 0) is 55.8 Å². The van der Waals surface area contributed by atoms with E-state index in [0.717, 1.165) is 17.3 Å². The number of aromatic nitrogens is 2. The molecule has 1 unspecified atom stereocenters. The molecular formula is C23H20ClN3O3S2. The predicted molar refractivity (Wildman–Crippen MR) is 129 cm³/mol. The van der Waals surface area contributed by atoms with Crippen molar-refractivity contribution in [3.05, 3.63) is 83.4 Å². The minimum absolute atomic E-state index is 0.147. The zero-order chi connectivity index (χ0) is 22.9. The largest absolute Gasteiger partial charge is 0.324 e. The number of aryl methyl sites for hydroxylation is 1. The smallest absolute Gasteiger partial charge is 0.270 e. The molecule has 0 radical (unpaired) electrons. The van der Waals surface area contributed by atoms with Crippen LogP contribution >= 0.6 is 23.4 Å². The molecule has 0 spiro atoms. The number of para-hydroxylation sites is 2. The molecule has 1 amide bonds. The van der Waals surface area contributed by atoms with E-state index in [4.69, 9.17) is 11.6 Å². The van der Waals surface area contributed by atoms with Gasteiger partial charge in [-0.15, -0.1) is 0 Å². The Morgan fingerprint density at radius 3 is 2.47 bits per heavy atom. The molecule has 4 rings (SSSR count). The third-order valence-electron chi connectivity index (χ3n) is 4.81. The molecule has 32 heavy (non-hydrogen) atoms. The summed E-state index contributed by atoms with van der Waals surface area (Å²) in [6.45, 7) is 3.61. The van der Waals surface area contributed by atoms with E-state index in [-0.39, 0.29) is 16.0 Å². The van der Waals surface area contributed by atoms with Crippen LogP contribution in [0.4, 0.5) is 5.69 Å². The van der Waals surface area contributed by atoms with Crippen LogP contribution in [-0.2, 0) is 14.8 Å². The monoisotopic (exact) mass is 485 g/mol. The highest BCUT2D eigenvalue weighted by Gasteiger charge is 2.27. The average molecular weight is 486 g/mol. The number of anilines is 1. The molecule has 0 saturated heterocycles. The molecule has 0 aliphatic carbocycles. The number of thioether (sulfide) groups is 1. The topological polar surface area (TPSA) is 81.1 Å². The predicted octanol–water partition coefficient (Wildman–Crippen LogP) is 5.35. The Labute approximate surface area is 195 Å². The van der Waals surface area contributed by atoms with Gasteiger partial charge in [0.25, 0.3) is 10.0 Å². The first kappa shape index (κ1) is 22.4. The molecule has 1 aromatic heterocycles. The van der Waals surface area contributed by atoms with Crippen molar-refractivity contribution >= 4 is 56.0 Å². The number of nitrogens with zero attached hydrogens (tertiary/aromatic N) is 2. The summed E-state index contributed by atoms with van der Waals surface area (Å²) in [4.78, 5) is 17.5. The van der Waals surface area contributed by atoms with Crippen molar-refractivity contribution in [2.24, 2.45) is 0 Å². The molecule has 0 aliphatic rings. The van der Waals surface area contributed by atoms with E-state index in [1.165, 1.54) is 16.1 Å². The maximum absolute atomic E-state index is 13.4. The van der Waals surface area contributed by atoms with Gasteiger partial charge in [0.05, 0.1) is 31.9 Å². The third kappa shape index (κ3) is 4.39. The van der Waals surface area contributed by atoms with E-state index in [0.29, 0.717) is 21.7 Å². The second-order valence-electron chi connectivity index (χ2n) is 7.20. The number of hydrogen-bond acceptors (Lipinski definition) is 5. The standard InChI is InChI=1S/C23H20ClN3O3S2/c1-15-12-13-19(18(24)14-15)25-22(28)16(2)31-23-26-20-10-6-7-11-21(20)27(23)32(29,30)17-8-4-3-5-9-17/h3-14,16H,1-2H3,(H,25,28). The molecule has 1 N–H and O–H groups in total. The Bertz CT molecular complexity index is 1400. The minimum Gasteiger partial charge on any atom is -0.324 e. The van der Waals surface area contributed by atoms with Crippen LogP contribution < -0.4 is 5.32 Å². The van der Waals surface area contributed by atoms with Gasteiger partial charge in [-0.3, -0.25) is 4.79 Å². The average Bonchev–Trinajstić information content (AvgIpc) is 3.14. The van der Waals surface area contributed by atoms with Gasteiger partial charge in [0, 0.05) is 0 Å². The highest BCUT2D eigenvalue weighted by Crippen LogP contribution is 2.32. The van der Waals surface area contributed by atoms with E-state index in [1.807, 2.05) is 13.0 Å². The fraction of sp³-hybridized carbons (Fsp3) is 0.130. The number of nitrogens with one attached hydrogen (secondary N) is 1. The highest BCUT2D eigenvalue weighted by atomic mass is 35.5. The van der Waals surface area contributed by atoms with Crippen molar-refractivity contribution in [3.63, 3.8) is 0 Å². The lowest BCUT2D eigenvalue weighted by Gasteiger charge is -2.14. The molecule has 6 nitrogen and oxygen atoms in total. The number of amides is 1. The van der Waals surface area contributed by atoms with Crippen LogP contribution in [0.15, 0.2) is 82.8 Å². The van der Waals surface area contributed by atoms with Crippen LogP contribution in [0, 0.1) is 6.92 Å². The van der Waals surface area contributed by atoms with Crippen molar-refractivity contribution in [2.45, 2.75) is 29.1 Å². The lowest BCUT2D eigenvalue weighted by Crippen LogP contribution is -2.24. The first-order valence-electron chi connectivity index (χ1n) is 9.79. The molecule has 1 heterocycles. The number of carbonyl (C=O) groups is 1. The van der Waals surface area contributed by atoms with Gasteiger partial charge in [0.1, 0.15) is 0 Å². The summed E-state index contributed by atoms with van der Waals surface area (Å²) in [6.07, 6.45) is 0. The van der Waals surface area contributed by atoms with Gasteiger partial charge < -0.3 is 5.32 Å². The van der Waals surface area contributed by atoms with Gasteiger partial charge in [-0.2, -0.15) is 0 Å². The summed E-state index contributed by atoms with van der Waals surface area (Å²) in [6, 6.07) is 20.5. The van der Waals surface area contributed by atoms with Crippen molar-refractivity contribution in [1.29, 1.82) is 0 Å². The lowest BCUT2D eigenvalue weighted by molar-refractivity contribution is -0.115. The second-order valence-corrected chi connectivity index (χ2v) is 10.7. The van der Waals surface area contributed by atoms with E-state index >= 15 is 0 Å². The quantitative estimate of drug-likeness (QED) is 0.372. The molecule has 1 atom stereocenters. The van der Waals surface area contributed by atoms with Crippen molar-refractivity contribution in [1.82, 2.24) is 8.96 Å². The summed E-state index contributed by atoms with van der Waals surface area (Å²) in [5.74, 6) is -0.309. The molecular weight excluding hydrogens is 466 g/mol. The number of halogens is 1. The third-order valence-corrected chi connectivity index (χ3v) is 8.00. The Kier molecular flexibility index (Phi) is 6.28. The summed E-state index contributed by atoms with van der Waals surface area (Å²) in [5.41, 5.74) is 2.46. The first-order valence-corrected chi connectivity index (χ1v) is 12.5. The fourth-order valence-electron chi connectivity index (χ4n) is 3.15. The van der Waals surface area contributed by atoms with Gasteiger partial charge in [0.2, 0.25) is 5.91 Å². The van der Waals surface area contributed by atoms with Crippen LogP contribution in [0.3, 0.4) is 0 Å². The van der Waals surface area contributed by atoms with E-state index < -0.39 is 15.3 Å². The lowest BCUT2D eigenvalue weighted by atomic mass is 10.2. The molecule has 0 aliphatic heterocycles. The summed E-state index contributed by atoms with van der Waals surface area (Å²) in [5, 5.41) is 2.83. The maximum atomic E-state index is 13.4. The first-order chi connectivity index (χ1) is 15.3. The van der Waals surface area contributed by atoms with Crippen LogP contribution in [0.1, 0.15) is 12.5 Å². The highest BCUT2D eigenvalue weighted by molar-refractivity contribution is 8.01. The van der Waals surface area contributed by atoms with Gasteiger partial charge in [-0.25, -0.2) is 17.4 Å². The zero-order valence-corrected chi connectivity index (χ0v) is 19.7. The Morgan fingerprint density at radius 2 is 1.75 bits per heavy atom. The normalized spacial score (nSPS) is 12.6. The SMILES string of the molecule is Cc1ccc(NC(=O)C(C)Sc2nc3ccccc3n2S(=O)(=O)c2ccccc2)c(Cl)c1. The number of benzene rings is 3. The van der Waals surface area contributed by atoms with Crippen molar-refractivity contribution in [3.8, 4) is 0 Å². The molecule has 0 saturated carbocycles. The number of fused-ring (bicyclic) bond motifs is 1. The number of rotatable bonds is 6. The van der Waals surface area contributed by atoms with Gasteiger partial charge in [0.15, 0.2) is 5.16 Å². The number of carbonyl (C=O) groups excluding carboxylic acids is 1. The van der Waals surface area contributed by atoms with Crippen LogP contribution in [0.5, 0.6) is 0 Å². The van der Waals surface area contributed by atoms with E-state index in [1.54, 1.807) is 61.5 Å². The Morgan fingerprint density at radius 1 is 1.06 bits per heavy atom. The maximum Gasteiger partial charge on any atom is 0.270 e. The van der Waals surface area contributed by atoms with E-state index in [2.05, 4.69) is 10.3 Å². The summed E-state index contributed by atoms with van der Waals surface area (Å²) >= 11 is 7.30.